The summed E-state index contributed by atoms with van der Waals surface area (Å²) in [5, 5.41) is 3.48. The zero-order chi connectivity index (χ0) is 27.7. The number of nitrogens with one attached hydrogen (secondary N) is 1. The molecule has 2 aliphatic heterocycles. The first-order chi connectivity index (χ1) is 17.8. The molecule has 0 aromatic heterocycles. The summed E-state index contributed by atoms with van der Waals surface area (Å²) in [6, 6.07) is 7.15. The molecule has 2 unspecified atom stereocenters. The monoisotopic (exact) mass is 545 g/mol. The van der Waals surface area contributed by atoms with Crippen molar-refractivity contribution in [2.45, 2.75) is 51.1 Å². The van der Waals surface area contributed by atoms with E-state index in [0.717, 1.165) is 11.3 Å². The van der Waals surface area contributed by atoms with E-state index >= 15 is 0 Å². The quantitative estimate of drug-likeness (QED) is 0.374. The molecular formula is C26H29F6N3O3. The third-order valence-electron chi connectivity index (χ3n) is 7.20. The molecule has 2 atom stereocenters. The summed E-state index contributed by atoms with van der Waals surface area (Å²) >= 11 is 0. The van der Waals surface area contributed by atoms with Crippen LogP contribution in [0.25, 0.3) is 0 Å². The lowest BCUT2D eigenvalue weighted by Gasteiger charge is -2.39. The minimum absolute atomic E-state index is 0.0365. The van der Waals surface area contributed by atoms with Gasteiger partial charge >= 0.3 is 18.3 Å². The molecule has 1 fully saturated rings. The highest BCUT2D eigenvalue weighted by Crippen LogP contribution is 2.38. The smallest absolute Gasteiger partial charge is 0.416 e. The maximum atomic E-state index is 13.5. The predicted octanol–water partition coefficient (Wildman–Crippen LogP) is 5.40. The van der Waals surface area contributed by atoms with Crippen LogP contribution >= 0.6 is 0 Å². The van der Waals surface area contributed by atoms with Crippen molar-refractivity contribution in [1.29, 1.82) is 0 Å². The minimum atomic E-state index is -4.74. The lowest BCUT2D eigenvalue weighted by atomic mass is 9.88. The fourth-order valence-corrected chi connectivity index (χ4v) is 5.10. The summed E-state index contributed by atoms with van der Waals surface area (Å²) in [5.74, 6) is 4.88. The fraction of sp³-hybridized carbons (Fsp3) is 0.500. The maximum absolute atomic E-state index is 13.5. The largest absolute Gasteiger partial charge is 0.489 e. The summed E-state index contributed by atoms with van der Waals surface area (Å²) in [4.78, 5) is 17.7. The second-order valence-electron chi connectivity index (χ2n) is 9.92. The number of ether oxygens (including phenoxy) is 1. The highest BCUT2D eigenvalue weighted by molar-refractivity contribution is 5.72. The van der Waals surface area contributed by atoms with Crippen molar-refractivity contribution >= 4 is 11.7 Å². The molecule has 38 heavy (non-hydrogen) atoms. The Hall–Kier alpha value is -2.99. The van der Waals surface area contributed by atoms with E-state index in [1.807, 2.05) is 18.2 Å². The van der Waals surface area contributed by atoms with Gasteiger partial charge in [-0.25, -0.2) is 0 Å². The second-order valence-corrected chi connectivity index (χ2v) is 9.92. The standard InChI is InChI=1S/C26H29F6N3O3/c1-15(24(36)38-33)10-16-2-5-23-21(11-16)34-22(14-37-23)17-6-8-35(9-7-17)13-18-12-19(25(27,28)29)3-4-20(18)26(30,31)32/h2-5,11-12,15,17,22,34H,6-10,13-14,33H2,1H3. The van der Waals surface area contributed by atoms with Crippen LogP contribution in [0, 0.1) is 11.8 Å². The molecule has 208 valence electrons. The molecule has 0 saturated carbocycles. The van der Waals surface area contributed by atoms with Crippen LogP contribution in [0.15, 0.2) is 36.4 Å². The molecular weight excluding hydrogens is 516 g/mol. The number of anilines is 1. The normalized spacial score (nSPS) is 19.7. The average molecular weight is 546 g/mol. The van der Waals surface area contributed by atoms with Gasteiger partial charge in [0.25, 0.3) is 0 Å². The van der Waals surface area contributed by atoms with Gasteiger partial charge in [-0.2, -0.15) is 32.2 Å². The van der Waals surface area contributed by atoms with Gasteiger partial charge in [-0.3, -0.25) is 9.69 Å². The van der Waals surface area contributed by atoms with Crippen molar-refractivity contribution in [3.63, 3.8) is 0 Å². The van der Waals surface area contributed by atoms with E-state index in [4.69, 9.17) is 10.6 Å². The number of fused-ring (bicyclic) bond motifs is 1. The molecule has 0 aliphatic carbocycles. The van der Waals surface area contributed by atoms with Gasteiger partial charge in [-0.05, 0) is 79.7 Å². The Bertz CT molecular complexity index is 1150. The van der Waals surface area contributed by atoms with Crippen molar-refractivity contribution in [1.82, 2.24) is 4.90 Å². The summed E-state index contributed by atoms with van der Waals surface area (Å²) in [5.41, 5.74) is -0.829. The summed E-state index contributed by atoms with van der Waals surface area (Å²) < 4.78 is 85.7. The van der Waals surface area contributed by atoms with Gasteiger partial charge < -0.3 is 14.9 Å². The van der Waals surface area contributed by atoms with Crippen LogP contribution in [0.5, 0.6) is 5.75 Å². The van der Waals surface area contributed by atoms with E-state index < -0.39 is 35.4 Å². The molecule has 12 heteroatoms. The Morgan fingerprint density at radius 1 is 1.11 bits per heavy atom. The third-order valence-corrected chi connectivity index (χ3v) is 7.20. The van der Waals surface area contributed by atoms with E-state index in [2.05, 4.69) is 10.2 Å². The van der Waals surface area contributed by atoms with Crippen molar-refractivity contribution in [2.75, 3.05) is 25.0 Å². The number of benzene rings is 2. The van der Waals surface area contributed by atoms with Crippen LogP contribution < -0.4 is 16.0 Å². The number of alkyl halides is 6. The molecule has 2 aromatic rings. The number of carbonyl (C=O) groups is 1. The van der Waals surface area contributed by atoms with E-state index in [1.54, 1.807) is 11.8 Å². The summed E-state index contributed by atoms with van der Waals surface area (Å²) in [6.45, 7) is 2.81. The van der Waals surface area contributed by atoms with Gasteiger partial charge in [0, 0.05) is 6.54 Å². The zero-order valence-corrected chi connectivity index (χ0v) is 20.7. The van der Waals surface area contributed by atoms with Crippen molar-refractivity contribution in [3.8, 4) is 5.75 Å². The number of hydrogen-bond donors (Lipinski definition) is 2. The van der Waals surface area contributed by atoms with Crippen LogP contribution in [0.3, 0.4) is 0 Å². The molecule has 3 N–H and O–H groups in total. The van der Waals surface area contributed by atoms with Crippen LogP contribution in [0.4, 0.5) is 32.0 Å². The third kappa shape index (κ3) is 6.52. The Morgan fingerprint density at radius 3 is 2.45 bits per heavy atom. The van der Waals surface area contributed by atoms with Gasteiger partial charge in [0.1, 0.15) is 12.4 Å². The molecule has 6 nitrogen and oxygen atoms in total. The first-order valence-corrected chi connectivity index (χ1v) is 12.3. The number of carbonyl (C=O) groups excluding carboxylic acids is 1. The molecule has 2 aromatic carbocycles. The fourth-order valence-electron chi connectivity index (χ4n) is 5.10. The number of rotatable bonds is 6. The van der Waals surface area contributed by atoms with Crippen LogP contribution in [-0.2, 0) is 35.0 Å². The Morgan fingerprint density at radius 2 is 1.82 bits per heavy atom. The highest BCUT2D eigenvalue weighted by Gasteiger charge is 2.38. The van der Waals surface area contributed by atoms with Crippen molar-refractivity contribution in [2.24, 2.45) is 17.7 Å². The van der Waals surface area contributed by atoms with Crippen molar-refractivity contribution in [3.05, 3.63) is 58.7 Å². The summed E-state index contributed by atoms with van der Waals surface area (Å²) in [7, 11) is 0. The molecule has 0 amide bonds. The number of nitrogens with two attached hydrogens (primary N) is 1. The topological polar surface area (TPSA) is 76.8 Å². The average Bonchev–Trinajstić information content (AvgIpc) is 2.87. The van der Waals surface area contributed by atoms with E-state index in [1.165, 1.54) is 0 Å². The number of hydrogen-bond acceptors (Lipinski definition) is 6. The first-order valence-electron chi connectivity index (χ1n) is 12.3. The Balaban J connectivity index is 1.39. The van der Waals surface area contributed by atoms with E-state index in [9.17, 15) is 31.1 Å². The number of piperidine rings is 1. The number of halogens is 6. The highest BCUT2D eigenvalue weighted by atomic mass is 19.4. The van der Waals surface area contributed by atoms with Gasteiger partial charge in [-0.15, -0.1) is 0 Å². The molecule has 0 spiro atoms. The lowest BCUT2D eigenvalue weighted by molar-refractivity contribution is -0.148. The van der Waals surface area contributed by atoms with Gasteiger partial charge in [0.2, 0.25) is 0 Å². The van der Waals surface area contributed by atoms with Crippen LogP contribution in [0.1, 0.15) is 42.0 Å². The molecule has 0 radical (unpaired) electrons. The van der Waals surface area contributed by atoms with E-state index in [0.29, 0.717) is 62.9 Å². The molecule has 4 rings (SSSR count). The molecule has 2 heterocycles. The summed E-state index contributed by atoms with van der Waals surface area (Å²) in [6.07, 6.45) is -7.73. The minimum Gasteiger partial charge on any atom is -0.489 e. The van der Waals surface area contributed by atoms with Crippen molar-refractivity contribution < 1.29 is 40.7 Å². The van der Waals surface area contributed by atoms with Crippen LogP contribution in [-0.4, -0.2) is 36.6 Å². The van der Waals surface area contributed by atoms with Gasteiger partial charge in [0.05, 0.1) is 28.8 Å². The zero-order valence-electron chi connectivity index (χ0n) is 20.7. The molecule has 2 aliphatic rings. The second kappa shape index (κ2) is 11.0. The molecule has 0 bridgehead atoms. The van der Waals surface area contributed by atoms with Gasteiger partial charge in [0.15, 0.2) is 0 Å². The molecule has 1 saturated heterocycles. The first kappa shape index (κ1) is 28.0. The number of likely N-dealkylation sites (tertiary alicyclic amines) is 1. The Labute approximate surface area is 216 Å². The maximum Gasteiger partial charge on any atom is 0.416 e. The lowest BCUT2D eigenvalue weighted by Crippen LogP contribution is -2.44. The van der Waals surface area contributed by atoms with E-state index in [-0.39, 0.29) is 24.1 Å². The van der Waals surface area contributed by atoms with Crippen LogP contribution in [0.2, 0.25) is 0 Å². The number of nitrogens with zero attached hydrogens (tertiary/aromatic N) is 1. The Kier molecular flexibility index (Phi) is 8.12. The van der Waals surface area contributed by atoms with Gasteiger partial charge in [-0.1, -0.05) is 13.0 Å². The predicted molar refractivity (Wildman–Crippen MR) is 127 cm³/mol. The SMILES string of the molecule is CC(Cc1ccc2c(c1)NC(C1CCN(Cc3cc(C(F)(F)F)ccc3C(F)(F)F)CC1)CO2)C(=O)ON.